The van der Waals surface area contributed by atoms with Crippen LogP contribution in [0, 0.1) is 40.9 Å². The second-order valence-electron chi connectivity index (χ2n) is 15.1. The van der Waals surface area contributed by atoms with Gasteiger partial charge in [0.25, 0.3) is 0 Å². The molecule has 0 aromatic rings. The van der Waals surface area contributed by atoms with Gasteiger partial charge in [0.15, 0.2) is 14.4 Å². The lowest BCUT2D eigenvalue weighted by molar-refractivity contribution is -0.206. The molecule has 1 heterocycles. The van der Waals surface area contributed by atoms with E-state index in [0.29, 0.717) is 30.1 Å². The maximum absolute atomic E-state index is 13.5. The van der Waals surface area contributed by atoms with Crippen LogP contribution in [0.3, 0.4) is 0 Å². The highest BCUT2D eigenvalue weighted by molar-refractivity contribution is 6.74. The van der Waals surface area contributed by atoms with E-state index in [1.54, 1.807) is 0 Å². The molecule has 5 nitrogen and oxygen atoms in total. The summed E-state index contributed by atoms with van der Waals surface area (Å²) in [6, 6.07) is 0.201. The van der Waals surface area contributed by atoms with E-state index in [-0.39, 0.29) is 28.3 Å². The summed E-state index contributed by atoms with van der Waals surface area (Å²) in [7, 11) is -2.40. The summed E-state index contributed by atoms with van der Waals surface area (Å²) in [5, 5.41) is 12.7. The number of cyclic esters (lactones) is 1. The van der Waals surface area contributed by atoms with Crippen molar-refractivity contribution in [3.63, 3.8) is 0 Å². The standard InChI is InChI=1S/C31H53NO4Si/c1-17(2)26-24-14-21-19(4)31(34)23(13-12-18(3)22(21)15-30(24,9)16-25(26)32)20(5)35-28(33)27(31)36-37(10,11)29(6,7)8/h12,17,20-27,34H,4,13-16,32H2,1-3,5-11H3/b18-12-. The van der Waals surface area contributed by atoms with E-state index in [0.717, 1.165) is 24.8 Å². The first-order valence-electron chi connectivity index (χ1n) is 14.6. The molecule has 0 amide bonds. The number of hydrogen-bond donors (Lipinski definition) is 2. The van der Waals surface area contributed by atoms with Gasteiger partial charge in [-0.3, -0.25) is 0 Å². The zero-order chi connectivity index (χ0) is 27.9. The molecule has 10 atom stereocenters. The van der Waals surface area contributed by atoms with Crippen LogP contribution in [-0.2, 0) is 14.0 Å². The molecule has 1 saturated heterocycles. The van der Waals surface area contributed by atoms with Gasteiger partial charge in [-0.2, -0.15) is 0 Å². The third-order valence-corrected chi connectivity index (χ3v) is 16.0. The number of nitrogens with two attached hydrogens (primary N) is 1. The van der Waals surface area contributed by atoms with Crippen molar-refractivity contribution in [1.29, 1.82) is 0 Å². The van der Waals surface area contributed by atoms with E-state index in [9.17, 15) is 9.90 Å². The van der Waals surface area contributed by atoms with Gasteiger partial charge in [-0.15, -0.1) is 0 Å². The molecule has 4 rings (SSSR count). The van der Waals surface area contributed by atoms with Crippen molar-refractivity contribution in [2.24, 2.45) is 46.7 Å². The summed E-state index contributed by atoms with van der Waals surface area (Å²) in [4.78, 5) is 13.5. The Balaban J connectivity index is 1.81. The summed E-state index contributed by atoms with van der Waals surface area (Å²) >= 11 is 0. The van der Waals surface area contributed by atoms with Gasteiger partial charge in [0, 0.05) is 12.0 Å². The Labute approximate surface area is 226 Å². The highest BCUT2D eigenvalue weighted by Gasteiger charge is 2.63. The van der Waals surface area contributed by atoms with Crippen molar-refractivity contribution >= 4 is 14.3 Å². The number of carbonyl (C=O) groups excluding carboxylic acids is 1. The Morgan fingerprint density at radius 3 is 2.41 bits per heavy atom. The number of hydrogen-bond acceptors (Lipinski definition) is 5. The first-order valence-corrected chi connectivity index (χ1v) is 17.5. The van der Waals surface area contributed by atoms with Crippen LogP contribution in [0.4, 0.5) is 0 Å². The van der Waals surface area contributed by atoms with Gasteiger partial charge >= 0.3 is 5.97 Å². The zero-order valence-corrected chi connectivity index (χ0v) is 26.1. The van der Waals surface area contributed by atoms with Gasteiger partial charge in [0.05, 0.1) is 0 Å². The fourth-order valence-electron chi connectivity index (χ4n) is 8.38. The Kier molecular flexibility index (Phi) is 7.31. The molecule has 0 radical (unpaired) electrons. The van der Waals surface area contributed by atoms with Crippen molar-refractivity contribution in [2.45, 2.75) is 123 Å². The van der Waals surface area contributed by atoms with Crippen LogP contribution >= 0.6 is 0 Å². The molecule has 210 valence electrons. The molecule has 4 aliphatic rings. The molecule has 37 heavy (non-hydrogen) atoms. The van der Waals surface area contributed by atoms with Gasteiger partial charge in [-0.25, -0.2) is 4.79 Å². The molecular weight excluding hydrogens is 478 g/mol. The second-order valence-corrected chi connectivity index (χ2v) is 19.9. The van der Waals surface area contributed by atoms with Crippen molar-refractivity contribution in [3.8, 4) is 0 Å². The largest absolute Gasteiger partial charge is 0.460 e. The van der Waals surface area contributed by atoms with Gasteiger partial charge in [-0.05, 0) is 98.2 Å². The molecule has 2 saturated carbocycles. The highest BCUT2D eigenvalue weighted by atomic mass is 28.4. The van der Waals surface area contributed by atoms with Crippen LogP contribution < -0.4 is 5.73 Å². The van der Waals surface area contributed by atoms with Gasteiger partial charge in [-0.1, -0.05) is 59.8 Å². The fourth-order valence-corrected chi connectivity index (χ4v) is 9.60. The molecule has 0 spiro atoms. The van der Waals surface area contributed by atoms with E-state index >= 15 is 0 Å². The molecule has 0 aromatic heterocycles. The predicted molar refractivity (Wildman–Crippen MR) is 152 cm³/mol. The van der Waals surface area contributed by atoms with E-state index in [4.69, 9.17) is 14.9 Å². The smallest absolute Gasteiger partial charge is 0.337 e. The SMILES string of the molecule is C=C1C2CC3C(C(C)C)C(N)CC3(C)CC2/C(C)=C\CC2C(C)OC(=O)C(O[Si](C)(C)C(C)(C)C)C12O. The summed E-state index contributed by atoms with van der Waals surface area (Å²) in [5.74, 6) is 1.07. The molecule has 6 heteroatoms. The first kappa shape index (κ1) is 29.0. The number of carbonyl (C=O) groups is 1. The number of fused-ring (bicyclic) bond motifs is 3. The fraction of sp³-hybridized carbons (Fsp3) is 0.839. The molecular formula is C31H53NO4Si. The maximum Gasteiger partial charge on any atom is 0.337 e. The van der Waals surface area contributed by atoms with Crippen molar-refractivity contribution in [1.82, 2.24) is 0 Å². The van der Waals surface area contributed by atoms with E-state index in [1.807, 2.05) is 6.92 Å². The van der Waals surface area contributed by atoms with Crippen LogP contribution in [0.2, 0.25) is 18.1 Å². The van der Waals surface area contributed by atoms with Crippen molar-refractivity contribution < 1.29 is 19.1 Å². The summed E-state index contributed by atoms with van der Waals surface area (Å²) < 4.78 is 12.6. The average Bonchev–Trinajstić information content (AvgIpc) is 3.02. The lowest BCUT2D eigenvalue weighted by Crippen LogP contribution is -2.67. The number of aliphatic hydroxyl groups is 1. The van der Waals surface area contributed by atoms with Crippen molar-refractivity contribution in [2.75, 3.05) is 0 Å². The van der Waals surface area contributed by atoms with Gasteiger partial charge < -0.3 is 20.0 Å². The molecule has 0 aromatic carbocycles. The Morgan fingerprint density at radius 2 is 1.84 bits per heavy atom. The second kappa shape index (κ2) is 9.31. The summed E-state index contributed by atoms with van der Waals surface area (Å²) in [6.07, 6.45) is 4.54. The topological polar surface area (TPSA) is 81.8 Å². The Morgan fingerprint density at radius 1 is 1.22 bits per heavy atom. The van der Waals surface area contributed by atoms with Crippen LogP contribution in [-0.4, -0.2) is 43.2 Å². The molecule has 3 aliphatic carbocycles. The number of ether oxygens (including phenoxy) is 1. The first-order chi connectivity index (χ1) is 16.8. The predicted octanol–water partition coefficient (Wildman–Crippen LogP) is 6.23. The zero-order valence-electron chi connectivity index (χ0n) is 25.1. The normalized spacial score (nSPS) is 46.2. The third kappa shape index (κ3) is 4.52. The molecule has 0 bridgehead atoms. The molecule has 1 aliphatic heterocycles. The average molecular weight is 532 g/mol. The van der Waals surface area contributed by atoms with E-state index in [2.05, 4.69) is 74.2 Å². The Hall–Kier alpha value is -0.953. The Bertz CT molecular complexity index is 967. The number of rotatable bonds is 3. The van der Waals surface area contributed by atoms with Crippen molar-refractivity contribution in [3.05, 3.63) is 23.8 Å². The lowest BCUT2D eigenvalue weighted by Gasteiger charge is -2.56. The van der Waals surface area contributed by atoms with E-state index in [1.165, 1.54) is 5.57 Å². The number of allylic oxidation sites excluding steroid dienone is 2. The van der Waals surface area contributed by atoms with Crippen LogP contribution in [0.15, 0.2) is 23.8 Å². The minimum Gasteiger partial charge on any atom is -0.460 e. The van der Waals surface area contributed by atoms with Gasteiger partial charge in [0.2, 0.25) is 0 Å². The van der Waals surface area contributed by atoms with Crippen LogP contribution in [0.5, 0.6) is 0 Å². The number of esters is 1. The molecule has 3 fully saturated rings. The van der Waals surface area contributed by atoms with Crippen LogP contribution in [0.1, 0.15) is 81.1 Å². The third-order valence-electron chi connectivity index (χ3n) is 11.5. The minimum absolute atomic E-state index is 0.0808. The summed E-state index contributed by atoms with van der Waals surface area (Å²) in [5.41, 5.74) is 7.66. The molecule has 10 unspecified atom stereocenters. The molecule has 3 N–H and O–H groups in total. The van der Waals surface area contributed by atoms with Gasteiger partial charge in [0.1, 0.15) is 11.7 Å². The van der Waals surface area contributed by atoms with E-state index < -0.39 is 32.1 Å². The quantitative estimate of drug-likeness (QED) is 0.256. The minimum atomic E-state index is -2.40. The van der Waals surface area contributed by atoms with Crippen LogP contribution in [0.25, 0.3) is 0 Å². The summed E-state index contributed by atoms with van der Waals surface area (Å²) in [6.45, 7) is 26.6. The monoisotopic (exact) mass is 531 g/mol. The lowest BCUT2D eigenvalue weighted by atomic mass is 9.53. The maximum atomic E-state index is 13.5. The highest BCUT2D eigenvalue weighted by Crippen LogP contribution is 2.63.